The van der Waals surface area contributed by atoms with Crippen LogP contribution < -0.4 is 10.3 Å². The topological polar surface area (TPSA) is 69.9 Å². The first-order valence-corrected chi connectivity index (χ1v) is 8.87. The highest BCUT2D eigenvalue weighted by Gasteiger charge is 2.29. The molecule has 1 aliphatic rings. The van der Waals surface area contributed by atoms with E-state index in [2.05, 4.69) is 15.0 Å². The summed E-state index contributed by atoms with van der Waals surface area (Å²) < 4.78 is 7.47. The normalized spacial score (nSPS) is 13.6. The maximum atomic E-state index is 13.1. The molecule has 0 radical (unpaired) electrons. The van der Waals surface area contributed by atoms with E-state index in [4.69, 9.17) is 4.74 Å². The molecule has 6 heteroatoms. The molecule has 132 valence electrons. The molecule has 27 heavy (non-hydrogen) atoms. The number of aromatic nitrogens is 4. The molecule has 2 heterocycles. The standard InChI is InChI=1S/C21H16N4O2/c26-20-18(14-7-3-1-4-8-14)23-17-13-22-21(27-16-9-5-2-6-10-16)24-19(17)25(20)15-11-12-15/h1-10,13,15H,11-12H2. The van der Waals surface area contributed by atoms with Crippen molar-refractivity contribution in [3.8, 4) is 23.0 Å². The van der Waals surface area contributed by atoms with Gasteiger partial charge in [0.1, 0.15) is 17.0 Å². The van der Waals surface area contributed by atoms with Gasteiger partial charge in [-0.1, -0.05) is 48.5 Å². The van der Waals surface area contributed by atoms with E-state index < -0.39 is 0 Å². The first kappa shape index (κ1) is 15.7. The van der Waals surface area contributed by atoms with Gasteiger partial charge in [-0.3, -0.25) is 9.36 Å². The summed E-state index contributed by atoms with van der Waals surface area (Å²) >= 11 is 0. The van der Waals surface area contributed by atoms with Gasteiger partial charge >= 0.3 is 6.01 Å². The molecule has 0 saturated heterocycles. The van der Waals surface area contributed by atoms with Crippen molar-refractivity contribution in [3.05, 3.63) is 77.2 Å². The zero-order valence-electron chi connectivity index (χ0n) is 14.4. The van der Waals surface area contributed by atoms with Gasteiger partial charge in [0.05, 0.1) is 6.20 Å². The summed E-state index contributed by atoms with van der Waals surface area (Å²) in [6.07, 6.45) is 3.55. The van der Waals surface area contributed by atoms with Crippen molar-refractivity contribution in [3.63, 3.8) is 0 Å². The van der Waals surface area contributed by atoms with E-state index in [9.17, 15) is 4.79 Å². The molecule has 0 N–H and O–H groups in total. The maximum Gasteiger partial charge on any atom is 0.324 e. The van der Waals surface area contributed by atoms with Crippen LogP contribution in [0.1, 0.15) is 18.9 Å². The lowest BCUT2D eigenvalue weighted by Gasteiger charge is -2.11. The van der Waals surface area contributed by atoms with E-state index in [-0.39, 0.29) is 17.6 Å². The van der Waals surface area contributed by atoms with Crippen molar-refractivity contribution < 1.29 is 4.74 Å². The largest absolute Gasteiger partial charge is 0.424 e. The summed E-state index contributed by atoms with van der Waals surface area (Å²) in [5, 5.41) is 0. The first-order chi connectivity index (χ1) is 13.3. The van der Waals surface area contributed by atoms with Gasteiger partial charge in [-0.25, -0.2) is 9.97 Å². The van der Waals surface area contributed by atoms with Crippen molar-refractivity contribution in [2.45, 2.75) is 18.9 Å². The number of ether oxygens (including phenoxy) is 1. The highest BCUT2D eigenvalue weighted by molar-refractivity contribution is 5.74. The van der Waals surface area contributed by atoms with E-state index in [0.717, 1.165) is 18.4 Å². The molecule has 4 aromatic rings. The van der Waals surface area contributed by atoms with Crippen molar-refractivity contribution >= 4 is 11.2 Å². The summed E-state index contributed by atoms with van der Waals surface area (Å²) in [5.74, 6) is 0.644. The summed E-state index contributed by atoms with van der Waals surface area (Å²) in [4.78, 5) is 26.5. The molecule has 0 spiro atoms. The van der Waals surface area contributed by atoms with Crippen LogP contribution in [0.4, 0.5) is 0 Å². The van der Waals surface area contributed by atoms with Gasteiger partial charge in [0.2, 0.25) is 0 Å². The van der Waals surface area contributed by atoms with Crippen LogP contribution in [0.3, 0.4) is 0 Å². The van der Waals surface area contributed by atoms with Crippen LogP contribution >= 0.6 is 0 Å². The average Bonchev–Trinajstić information content (AvgIpc) is 3.54. The summed E-state index contributed by atoms with van der Waals surface area (Å²) in [6.45, 7) is 0. The van der Waals surface area contributed by atoms with E-state index in [1.54, 1.807) is 10.8 Å². The third-order valence-electron chi connectivity index (χ3n) is 4.52. The predicted molar refractivity (Wildman–Crippen MR) is 102 cm³/mol. The molecule has 0 unspecified atom stereocenters. The zero-order chi connectivity index (χ0) is 18.2. The van der Waals surface area contributed by atoms with Crippen LogP contribution in [0.5, 0.6) is 11.8 Å². The Kier molecular flexibility index (Phi) is 3.67. The predicted octanol–water partition coefficient (Wildman–Crippen LogP) is 3.98. The Morgan fingerprint density at radius 3 is 2.33 bits per heavy atom. The van der Waals surface area contributed by atoms with E-state index in [1.807, 2.05) is 60.7 Å². The molecule has 1 saturated carbocycles. The number of hydrogen-bond acceptors (Lipinski definition) is 5. The minimum absolute atomic E-state index is 0.124. The van der Waals surface area contributed by atoms with E-state index in [0.29, 0.717) is 22.6 Å². The number of fused-ring (bicyclic) bond motifs is 1. The number of para-hydroxylation sites is 1. The van der Waals surface area contributed by atoms with Crippen LogP contribution in [-0.4, -0.2) is 19.5 Å². The Hall–Kier alpha value is -3.54. The fourth-order valence-corrected chi connectivity index (χ4v) is 3.08. The zero-order valence-corrected chi connectivity index (χ0v) is 14.4. The molecular weight excluding hydrogens is 340 g/mol. The van der Waals surface area contributed by atoms with Gasteiger partial charge in [-0.15, -0.1) is 0 Å². The molecule has 5 rings (SSSR count). The molecule has 2 aromatic heterocycles. The van der Waals surface area contributed by atoms with Crippen LogP contribution in [0.25, 0.3) is 22.4 Å². The van der Waals surface area contributed by atoms with Gasteiger partial charge in [0.25, 0.3) is 5.56 Å². The van der Waals surface area contributed by atoms with Gasteiger partial charge in [-0.05, 0) is 25.0 Å². The van der Waals surface area contributed by atoms with Crippen LogP contribution in [-0.2, 0) is 0 Å². The second kappa shape index (κ2) is 6.32. The number of benzene rings is 2. The van der Waals surface area contributed by atoms with Crippen molar-refractivity contribution in [2.75, 3.05) is 0 Å². The molecule has 6 nitrogen and oxygen atoms in total. The quantitative estimate of drug-likeness (QED) is 0.553. The Balaban J connectivity index is 1.67. The molecular formula is C21H16N4O2. The first-order valence-electron chi connectivity index (χ1n) is 8.87. The van der Waals surface area contributed by atoms with Gasteiger partial charge < -0.3 is 4.74 Å². The Bertz CT molecular complexity index is 1170. The van der Waals surface area contributed by atoms with Crippen LogP contribution in [0.2, 0.25) is 0 Å². The second-order valence-electron chi connectivity index (χ2n) is 6.51. The number of nitrogens with zero attached hydrogens (tertiary/aromatic N) is 4. The number of rotatable bonds is 4. The molecule has 2 aromatic carbocycles. The van der Waals surface area contributed by atoms with Crippen molar-refractivity contribution in [2.24, 2.45) is 0 Å². The fraction of sp³-hybridized carbons (Fsp3) is 0.143. The third-order valence-corrected chi connectivity index (χ3v) is 4.52. The van der Waals surface area contributed by atoms with Crippen molar-refractivity contribution in [1.29, 1.82) is 0 Å². The molecule has 0 atom stereocenters. The van der Waals surface area contributed by atoms with E-state index in [1.165, 1.54) is 0 Å². The monoisotopic (exact) mass is 356 g/mol. The minimum Gasteiger partial charge on any atom is -0.424 e. The summed E-state index contributed by atoms with van der Waals surface area (Å²) in [5.41, 5.74) is 2.20. The summed E-state index contributed by atoms with van der Waals surface area (Å²) in [6, 6.07) is 19.2. The van der Waals surface area contributed by atoms with Gasteiger partial charge in [0.15, 0.2) is 5.65 Å². The molecule has 0 aliphatic heterocycles. The fourth-order valence-electron chi connectivity index (χ4n) is 3.08. The second-order valence-corrected chi connectivity index (χ2v) is 6.51. The van der Waals surface area contributed by atoms with Crippen LogP contribution in [0.15, 0.2) is 71.7 Å². The lowest BCUT2D eigenvalue weighted by molar-refractivity contribution is 0.442. The molecule has 1 aliphatic carbocycles. The van der Waals surface area contributed by atoms with Crippen LogP contribution in [0, 0.1) is 0 Å². The lowest BCUT2D eigenvalue weighted by atomic mass is 10.1. The molecule has 0 amide bonds. The van der Waals surface area contributed by atoms with Crippen molar-refractivity contribution in [1.82, 2.24) is 19.5 Å². The smallest absolute Gasteiger partial charge is 0.324 e. The molecule has 1 fully saturated rings. The Morgan fingerprint density at radius 2 is 1.63 bits per heavy atom. The highest BCUT2D eigenvalue weighted by atomic mass is 16.5. The van der Waals surface area contributed by atoms with Gasteiger partial charge in [-0.2, -0.15) is 4.98 Å². The number of hydrogen-bond donors (Lipinski definition) is 0. The third kappa shape index (κ3) is 2.95. The van der Waals surface area contributed by atoms with Gasteiger partial charge in [0, 0.05) is 11.6 Å². The Morgan fingerprint density at radius 1 is 0.926 bits per heavy atom. The molecule has 0 bridgehead atoms. The lowest BCUT2D eigenvalue weighted by Crippen LogP contribution is -2.23. The Labute approximate surface area is 155 Å². The van der Waals surface area contributed by atoms with E-state index >= 15 is 0 Å². The summed E-state index contributed by atoms with van der Waals surface area (Å²) in [7, 11) is 0. The highest BCUT2D eigenvalue weighted by Crippen LogP contribution is 2.36. The SMILES string of the molecule is O=c1c(-c2ccccc2)nc2cnc(Oc3ccccc3)nc2n1C1CC1. The average molecular weight is 356 g/mol. The maximum absolute atomic E-state index is 13.1. The minimum atomic E-state index is -0.124.